The smallest absolute Gasteiger partial charge is 0.271 e. The van der Waals surface area contributed by atoms with Crippen LogP contribution in [0.1, 0.15) is 0 Å². The molecule has 0 saturated heterocycles. The van der Waals surface area contributed by atoms with Crippen LogP contribution in [0.3, 0.4) is 0 Å². The van der Waals surface area contributed by atoms with Gasteiger partial charge in [-0.1, -0.05) is 17.7 Å². The Balaban J connectivity index is 1.72. The SMILES string of the molecule is O=S(=O)(Nc1ccc(Nc2ccc(F)c(Cl)c2)cc1)c1cccs1. The van der Waals surface area contributed by atoms with Crippen molar-refractivity contribution in [2.24, 2.45) is 0 Å². The number of nitrogens with one attached hydrogen (secondary N) is 2. The van der Waals surface area contributed by atoms with Crippen LogP contribution in [0.2, 0.25) is 5.02 Å². The van der Waals surface area contributed by atoms with Gasteiger partial charge >= 0.3 is 0 Å². The lowest BCUT2D eigenvalue weighted by molar-refractivity contribution is 0.603. The van der Waals surface area contributed by atoms with E-state index in [1.165, 1.54) is 12.1 Å². The Bertz CT molecular complexity index is 943. The van der Waals surface area contributed by atoms with E-state index in [4.69, 9.17) is 11.6 Å². The number of rotatable bonds is 5. The maximum atomic E-state index is 13.1. The van der Waals surface area contributed by atoms with Crippen LogP contribution >= 0.6 is 22.9 Å². The maximum absolute atomic E-state index is 13.1. The van der Waals surface area contributed by atoms with Gasteiger partial charge < -0.3 is 5.32 Å². The fourth-order valence-corrected chi connectivity index (χ4v) is 4.22. The van der Waals surface area contributed by atoms with Gasteiger partial charge in [-0.2, -0.15) is 0 Å². The average Bonchev–Trinajstić information content (AvgIpc) is 3.08. The molecule has 8 heteroatoms. The van der Waals surface area contributed by atoms with Gasteiger partial charge in [0.1, 0.15) is 10.0 Å². The number of hydrogen-bond donors (Lipinski definition) is 2. The van der Waals surface area contributed by atoms with Gasteiger partial charge in [-0.05, 0) is 53.9 Å². The summed E-state index contributed by atoms with van der Waals surface area (Å²) in [5.74, 6) is -0.486. The average molecular weight is 383 g/mol. The summed E-state index contributed by atoms with van der Waals surface area (Å²) in [6.07, 6.45) is 0. The van der Waals surface area contributed by atoms with Crippen molar-refractivity contribution in [3.8, 4) is 0 Å². The zero-order chi connectivity index (χ0) is 17.2. The summed E-state index contributed by atoms with van der Waals surface area (Å²) in [7, 11) is -3.56. The first-order valence-corrected chi connectivity index (χ1v) is 9.56. The Labute approximate surface area is 148 Å². The van der Waals surface area contributed by atoms with Gasteiger partial charge in [0.25, 0.3) is 10.0 Å². The first-order valence-electron chi connectivity index (χ1n) is 6.82. The fourth-order valence-electron chi connectivity index (χ4n) is 1.98. The van der Waals surface area contributed by atoms with Gasteiger partial charge in [-0.3, -0.25) is 4.72 Å². The van der Waals surface area contributed by atoms with E-state index in [-0.39, 0.29) is 9.23 Å². The minimum Gasteiger partial charge on any atom is -0.355 e. The molecule has 0 bridgehead atoms. The predicted molar refractivity (Wildman–Crippen MR) is 96.3 cm³/mol. The largest absolute Gasteiger partial charge is 0.355 e. The molecular formula is C16H12ClFN2O2S2. The third-order valence-corrected chi connectivity index (χ3v) is 6.17. The zero-order valence-electron chi connectivity index (χ0n) is 12.2. The van der Waals surface area contributed by atoms with Crippen molar-refractivity contribution >= 4 is 50.0 Å². The predicted octanol–water partition coefficient (Wildman–Crippen LogP) is 5.09. The number of benzene rings is 2. The molecule has 0 spiro atoms. The molecule has 0 amide bonds. The van der Waals surface area contributed by atoms with E-state index < -0.39 is 15.8 Å². The quantitative estimate of drug-likeness (QED) is 0.646. The van der Waals surface area contributed by atoms with E-state index in [0.717, 1.165) is 17.0 Å². The molecule has 1 heterocycles. The Morgan fingerprint density at radius 1 is 0.958 bits per heavy atom. The van der Waals surface area contributed by atoms with E-state index in [2.05, 4.69) is 10.0 Å². The molecule has 0 fully saturated rings. The molecule has 3 aromatic rings. The summed E-state index contributed by atoms with van der Waals surface area (Å²) < 4.78 is 40.2. The van der Waals surface area contributed by atoms with E-state index >= 15 is 0 Å². The molecule has 4 nitrogen and oxygen atoms in total. The summed E-state index contributed by atoms with van der Waals surface area (Å²) in [6.45, 7) is 0. The van der Waals surface area contributed by atoms with Crippen molar-refractivity contribution in [2.45, 2.75) is 4.21 Å². The third kappa shape index (κ3) is 3.87. The van der Waals surface area contributed by atoms with Gasteiger partial charge in [0.2, 0.25) is 0 Å². The van der Waals surface area contributed by atoms with E-state index in [0.29, 0.717) is 11.4 Å². The Morgan fingerprint density at radius 3 is 2.25 bits per heavy atom. The molecule has 1 aromatic heterocycles. The molecule has 0 aliphatic carbocycles. The van der Waals surface area contributed by atoms with Crippen LogP contribution < -0.4 is 10.0 Å². The van der Waals surface area contributed by atoms with Crippen LogP contribution in [0, 0.1) is 5.82 Å². The lowest BCUT2D eigenvalue weighted by Crippen LogP contribution is -2.11. The van der Waals surface area contributed by atoms with Crippen LogP contribution in [-0.4, -0.2) is 8.42 Å². The van der Waals surface area contributed by atoms with Crippen LogP contribution in [0.5, 0.6) is 0 Å². The van der Waals surface area contributed by atoms with Crippen molar-refractivity contribution < 1.29 is 12.8 Å². The van der Waals surface area contributed by atoms with Crippen molar-refractivity contribution in [3.05, 3.63) is 70.8 Å². The number of hydrogen-bond acceptors (Lipinski definition) is 4. The second-order valence-electron chi connectivity index (χ2n) is 4.87. The summed E-state index contributed by atoms with van der Waals surface area (Å²) in [6, 6.07) is 14.2. The zero-order valence-corrected chi connectivity index (χ0v) is 14.6. The van der Waals surface area contributed by atoms with Crippen molar-refractivity contribution in [2.75, 3.05) is 10.0 Å². The molecule has 0 unspecified atom stereocenters. The maximum Gasteiger partial charge on any atom is 0.271 e. The normalized spacial score (nSPS) is 11.2. The molecular weight excluding hydrogens is 371 g/mol. The van der Waals surface area contributed by atoms with E-state index in [9.17, 15) is 12.8 Å². The molecule has 124 valence electrons. The lowest BCUT2D eigenvalue weighted by Gasteiger charge is -2.09. The van der Waals surface area contributed by atoms with Crippen molar-refractivity contribution in [1.29, 1.82) is 0 Å². The second kappa shape index (κ2) is 6.80. The molecule has 0 saturated carbocycles. The van der Waals surface area contributed by atoms with Crippen LogP contribution in [-0.2, 0) is 10.0 Å². The van der Waals surface area contributed by atoms with Crippen molar-refractivity contribution in [1.82, 2.24) is 0 Å². The van der Waals surface area contributed by atoms with Gasteiger partial charge in [0.15, 0.2) is 0 Å². The summed E-state index contributed by atoms with van der Waals surface area (Å²) >= 11 is 6.89. The Morgan fingerprint density at radius 2 is 1.62 bits per heavy atom. The highest BCUT2D eigenvalue weighted by Crippen LogP contribution is 2.25. The summed E-state index contributed by atoms with van der Waals surface area (Å²) in [4.78, 5) is 0. The molecule has 2 N–H and O–H groups in total. The minimum absolute atomic E-state index is 0.0281. The van der Waals surface area contributed by atoms with E-state index in [1.807, 2.05) is 0 Å². The highest BCUT2D eigenvalue weighted by atomic mass is 35.5. The minimum atomic E-state index is -3.56. The molecule has 0 atom stereocenters. The number of sulfonamides is 1. The highest BCUT2D eigenvalue weighted by Gasteiger charge is 2.14. The molecule has 3 rings (SSSR count). The van der Waals surface area contributed by atoms with Gasteiger partial charge in [0, 0.05) is 17.1 Å². The van der Waals surface area contributed by atoms with Gasteiger partial charge in [0.05, 0.1) is 5.02 Å². The Hall–Kier alpha value is -2.09. The lowest BCUT2D eigenvalue weighted by atomic mass is 10.2. The topological polar surface area (TPSA) is 58.2 Å². The molecule has 0 aliphatic heterocycles. The molecule has 24 heavy (non-hydrogen) atoms. The Kier molecular flexibility index (Phi) is 4.75. The number of thiophene rings is 1. The van der Waals surface area contributed by atoms with Crippen molar-refractivity contribution in [3.63, 3.8) is 0 Å². The molecule has 0 radical (unpaired) electrons. The standard InChI is InChI=1S/C16H12ClFN2O2S2/c17-14-10-13(7-8-15(14)18)19-11-3-5-12(6-4-11)20-24(21,22)16-2-1-9-23-16/h1-10,19-20H. The summed E-state index contributed by atoms with van der Waals surface area (Å²) in [5, 5.41) is 4.80. The van der Waals surface area contributed by atoms with Gasteiger partial charge in [-0.25, -0.2) is 12.8 Å². The van der Waals surface area contributed by atoms with E-state index in [1.54, 1.807) is 47.8 Å². The monoisotopic (exact) mass is 382 g/mol. The molecule has 2 aromatic carbocycles. The third-order valence-electron chi connectivity index (χ3n) is 3.11. The summed E-state index contributed by atoms with van der Waals surface area (Å²) in [5.41, 5.74) is 1.80. The first-order chi connectivity index (χ1) is 11.4. The second-order valence-corrected chi connectivity index (χ2v) is 8.13. The first kappa shape index (κ1) is 16.8. The highest BCUT2D eigenvalue weighted by molar-refractivity contribution is 7.94. The van der Waals surface area contributed by atoms with Crippen LogP contribution in [0.15, 0.2) is 64.2 Å². The van der Waals surface area contributed by atoms with Gasteiger partial charge in [-0.15, -0.1) is 11.3 Å². The van der Waals surface area contributed by atoms with Crippen LogP contribution in [0.4, 0.5) is 21.5 Å². The number of halogens is 2. The fraction of sp³-hybridized carbons (Fsp3) is 0. The molecule has 0 aliphatic rings. The van der Waals surface area contributed by atoms with Crippen LogP contribution in [0.25, 0.3) is 0 Å². The number of anilines is 3.